The monoisotopic (exact) mass is 285 g/mol. The number of fused-ring (bicyclic) bond motifs is 1. The van der Waals surface area contributed by atoms with Crippen molar-refractivity contribution in [2.24, 2.45) is 5.92 Å². The average molecular weight is 286 g/mol. The van der Waals surface area contributed by atoms with E-state index < -0.39 is 0 Å². The molecule has 0 heterocycles. The van der Waals surface area contributed by atoms with Crippen molar-refractivity contribution < 1.29 is 0 Å². The van der Waals surface area contributed by atoms with Crippen molar-refractivity contribution in [2.45, 2.75) is 25.3 Å². The summed E-state index contributed by atoms with van der Waals surface area (Å²) in [5.74, 6) is 0.661. The molecule has 3 rings (SSSR count). The van der Waals surface area contributed by atoms with Crippen molar-refractivity contribution in [3.8, 4) is 0 Å². The second kappa shape index (κ2) is 5.99. The van der Waals surface area contributed by atoms with Crippen molar-refractivity contribution in [2.75, 3.05) is 7.05 Å². The summed E-state index contributed by atoms with van der Waals surface area (Å²) >= 11 is 6.29. The zero-order valence-corrected chi connectivity index (χ0v) is 12.5. The predicted molar refractivity (Wildman–Crippen MR) is 85.3 cm³/mol. The highest BCUT2D eigenvalue weighted by molar-refractivity contribution is 6.31. The van der Waals surface area contributed by atoms with Gasteiger partial charge in [-0.3, -0.25) is 0 Å². The third-order valence-electron chi connectivity index (χ3n) is 4.42. The van der Waals surface area contributed by atoms with Gasteiger partial charge < -0.3 is 5.32 Å². The number of hydrogen-bond donors (Lipinski definition) is 1. The first-order valence-electron chi connectivity index (χ1n) is 7.25. The zero-order chi connectivity index (χ0) is 13.9. The van der Waals surface area contributed by atoms with Crippen LogP contribution in [0, 0.1) is 5.92 Å². The van der Waals surface area contributed by atoms with Crippen LogP contribution in [0.1, 0.15) is 16.7 Å². The van der Waals surface area contributed by atoms with Gasteiger partial charge in [-0.1, -0.05) is 54.1 Å². The molecule has 0 fully saturated rings. The summed E-state index contributed by atoms with van der Waals surface area (Å²) < 4.78 is 0. The van der Waals surface area contributed by atoms with Crippen LogP contribution < -0.4 is 5.32 Å². The minimum Gasteiger partial charge on any atom is -0.316 e. The van der Waals surface area contributed by atoms with E-state index in [1.807, 2.05) is 12.1 Å². The molecule has 0 aromatic heterocycles. The summed E-state index contributed by atoms with van der Waals surface area (Å²) in [4.78, 5) is 0. The standard InChI is InChI=1S/C18H20ClN/c1-20-18(12-15-8-4-5-9-17(15)19)16-10-13-6-2-3-7-14(13)11-16/h2-9,16,18,20H,10-12H2,1H3. The second-order valence-corrected chi connectivity index (χ2v) is 6.03. The quantitative estimate of drug-likeness (QED) is 0.899. The van der Waals surface area contributed by atoms with E-state index in [0.29, 0.717) is 12.0 Å². The third-order valence-corrected chi connectivity index (χ3v) is 4.79. The van der Waals surface area contributed by atoms with Crippen LogP contribution in [0.25, 0.3) is 0 Å². The Balaban J connectivity index is 1.74. The van der Waals surface area contributed by atoms with E-state index in [1.165, 1.54) is 29.5 Å². The van der Waals surface area contributed by atoms with Gasteiger partial charge in [0.1, 0.15) is 0 Å². The zero-order valence-electron chi connectivity index (χ0n) is 11.8. The highest BCUT2D eigenvalue weighted by Gasteiger charge is 2.27. The Morgan fingerprint density at radius 3 is 2.25 bits per heavy atom. The molecule has 1 aliphatic carbocycles. The van der Waals surface area contributed by atoms with Gasteiger partial charge in [0.2, 0.25) is 0 Å². The maximum Gasteiger partial charge on any atom is 0.0438 e. The Kier molecular flexibility index (Phi) is 4.09. The summed E-state index contributed by atoms with van der Waals surface area (Å²) in [6.45, 7) is 0. The van der Waals surface area contributed by atoms with E-state index in [2.05, 4.69) is 48.8 Å². The largest absolute Gasteiger partial charge is 0.316 e. The third kappa shape index (κ3) is 2.74. The predicted octanol–water partition coefficient (Wildman–Crippen LogP) is 3.89. The van der Waals surface area contributed by atoms with Crippen LogP contribution in [0.5, 0.6) is 0 Å². The summed E-state index contributed by atoms with van der Waals surface area (Å²) in [7, 11) is 2.06. The van der Waals surface area contributed by atoms with Crippen LogP contribution in [0.15, 0.2) is 48.5 Å². The van der Waals surface area contributed by atoms with Gasteiger partial charge in [-0.2, -0.15) is 0 Å². The molecule has 2 aromatic rings. The number of halogens is 1. The summed E-state index contributed by atoms with van der Waals surface area (Å²) in [5.41, 5.74) is 4.26. The lowest BCUT2D eigenvalue weighted by atomic mass is 9.91. The smallest absolute Gasteiger partial charge is 0.0438 e. The Morgan fingerprint density at radius 1 is 1.05 bits per heavy atom. The van der Waals surface area contributed by atoms with Crippen LogP contribution in [0.2, 0.25) is 5.02 Å². The number of hydrogen-bond acceptors (Lipinski definition) is 1. The number of benzene rings is 2. The Morgan fingerprint density at radius 2 is 1.65 bits per heavy atom. The number of rotatable bonds is 4. The van der Waals surface area contributed by atoms with Crippen LogP contribution >= 0.6 is 11.6 Å². The molecule has 0 saturated carbocycles. The number of likely N-dealkylation sites (N-methyl/N-ethyl adjacent to an activating group) is 1. The first-order valence-corrected chi connectivity index (χ1v) is 7.63. The highest BCUT2D eigenvalue weighted by atomic mass is 35.5. The fraction of sp³-hybridized carbons (Fsp3) is 0.333. The van der Waals surface area contributed by atoms with E-state index in [1.54, 1.807) is 0 Å². The normalized spacial score (nSPS) is 16.1. The molecule has 1 unspecified atom stereocenters. The lowest BCUT2D eigenvalue weighted by Crippen LogP contribution is -2.36. The van der Waals surface area contributed by atoms with Crippen molar-refractivity contribution in [3.05, 3.63) is 70.2 Å². The van der Waals surface area contributed by atoms with Crippen molar-refractivity contribution in [1.29, 1.82) is 0 Å². The van der Waals surface area contributed by atoms with Gasteiger partial charge in [-0.05, 0) is 55.0 Å². The van der Waals surface area contributed by atoms with Gasteiger partial charge in [0, 0.05) is 11.1 Å². The first-order chi connectivity index (χ1) is 9.78. The molecule has 0 spiro atoms. The molecule has 1 N–H and O–H groups in total. The van der Waals surface area contributed by atoms with Gasteiger partial charge in [0.15, 0.2) is 0 Å². The molecule has 2 heteroatoms. The molecule has 0 aliphatic heterocycles. The van der Waals surface area contributed by atoms with Crippen molar-refractivity contribution in [3.63, 3.8) is 0 Å². The molecule has 0 amide bonds. The molecular weight excluding hydrogens is 266 g/mol. The maximum atomic E-state index is 6.29. The lowest BCUT2D eigenvalue weighted by Gasteiger charge is -2.23. The topological polar surface area (TPSA) is 12.0 Å². The second-order valence-electron chi connectivity index (χ2n) is 5.63. The van der Waals surface area contributed by atoms with E-state index in [-0.39, 0.29) is 0 Å². The Labute approximate surface area is 126 Å². The van der Waals surface area contributed by atoms with Crippen molar-refractivity contribution in [1.82, 2.24) is 5.32 Å². The summed E-state index contributed by atoms with van der Waals surface area (Å²) in [6, 6.07) is 17.5. The van der Waals surface area contributed by atoms with Gasteiger partial charge >= 0.3 is 0 Å². The van der Waals surface area contributed by atoms with Crippen molar-refractivity contribution >= 4 is 11.6 Å². The van der Waals surface area contributed by atoms with E-state index >= 15 is 0 Å². The molecule has 0 radical (unpaired) electrons. The van der Waals surface area contributed by atoms with Crippen LogP contribution in [-0.4, -0.2) is 13.1 Å². The summed E-state index contributed by atoms with van der Waals surface area (Å²) in [6.07, 6.45) is 3.34. The number of nitrogens with one attached hydrogen (secondary N) is 1. The molecule has 0 saturated heterocycles. The molecule has 1 nitrogen and oxygen atoms in total. The molecular formula is C18H20ClN. The van der Waals surface area contributed by atoms with Crippen LogP contribution in [0.3, 0.4) is 0 Å². The fourth-order valence-corrected chi connectivity index (χ4v) is 3.50. The van der Waals surface area contributed by atoms with Gasteiger partial charge in [-0.25, -0.2) is 0 Å². The SMILES string of the molecule is CNC(Cc1ccccc1Cl)C1Cc2ccccc2C1. The van der Waals surface area contributed by atoms with Gasteiger partial charge in [0.25, 0.3) is 0 Å². The Bertz CT molecular complexity index is 568. The van der Waals surface area contributed by atoms with Crippen LogP contribution in [-0.2, 0) is 19.3 Å². The molecule has 0 bridgehead atoms. The highest BCUT2D eigenvalue weighted by Crippen LogP contribution is 2.30. The van der Waals surface area contributed by atoms with E-state index in [9.17, 15) is 0 Å². The van der Waals surface area contributed by atoms with Gasteiger partial charge in [-0.15, -0.1) is 0 Å². The molecule has 104 valence electrons. The molecule has 20 heavy (non-hydrogen) atoms. The van der Waals surface area contributed by atoms with Gasteiger partial charge in [0.05, 0.1) is 0 Å². The van der Waals surface area contributed by atoms with E-state index in [4.69, 9.17) is 11.6 Å². The lowest BCUT2D eigenvalue weighted by molar-refractivity contribution is 0.383. The molecule has 1 atom stereocenters. The van der Waals surface area contributed by atoms with Crippen LogP contribution in [0.4, 0.5) is 0 Å². The molecule has 2 aromatic carbocycles. The minimum atomic E-state index is 0.474. The Hall–Kier alpha value is -1.31. The molecule has 1 aliphatic rings. The maximum absolute atomic E-state index is 6.29. The summed E-state index contributed by atoms with van der Waals surface area (Å²) in [5, 5.41) is 4.37. The van der Waals surface area contributed by atoms with E-state index in [0.717, 1.165) is 11.4 Å². The first kappa shape index (κ1) is 13.7. The fourth-order valence-electron chi connectivity index (χ4n) is 3.28. The average Bonchev–Trinajstić information content (AvgIpc) is 2.90. The minimum absolute atomic E-state index is 0.474.